The number of aromatic nitrogens is 2. The second kappa shape index (κ2) is 9.42. The first-order chi connectivity index (χ1) is 14.1. The van der Waals surface area contributed by atoms with E-state index in [1.807, 2.05) is 30.3 Å². The van der Waals surface area contributed by atoms with E-state index in [1.54, 1.807) is 18.2 Å². The molecule has 9 nitrogen and oxygen atoms in total. The van der Waals surface area contributed by atoms with Crippen molar-refractivity contribution in [1.29, 1.82) is 0 Å². The first kappa shape index (κ1) is 20.0. The lowest BCUT2D eigenvalue weighted by atomic mass is 10.2. The van der Waals surface area contributed by atoms with Crippen LogP contribution in [0.25, 0.3) is 10.6 Å². The van der Waals surface area contributed by atoms with Crippen molar-refractivity contribution in [1.82, 2.24) is 15.6 Å². The lowest BCUT2D eigenvalue weighted by Gasteiger charge is -2.07. The number of nitrogens with one attached hydrogen (secondary N) is 2. The van der Waals surface area contributed by atoms with Gasteiger partial charge in [-0.2, -0.15) is 5.10 Å². The van der Waals surface area contributed by atoms with Gasteiger partial charge < -0.3 is 9.47 Å². The van der Waals surface area contributed by atoms with Crippen LogP contribution in [0.15, 0.2) is 53.6 Å². The van der Waals surface area contributed by atoms with E-state index < -0.39 is 11.8 Å². The van der Waals surface area contributed by atoms with Gasteiger partial charge in [0.1, 0.15) is 5.01 Å². The molecule has 10 heteroatoms. The first-order valence-corrected chi connectivity index (χ1v) is 9.17. The van der Waals surface area contributed by atoms with E-state index in [0.717, 1.165) is 16.9 Å². The molecule has 1 aromatic heterocycles. The van der Waals surface area contributed by atoms with Crippen molar-refractivity contribution >= 4 is 34.5 Å². The maximum Gasteiger partial charge on any atom is 0.329 e. The van der Waals surface area contributed by atoms with Gasteiger partial charge in [-0.05, 0) is 23.8 Å². The molecule has 2 amide bonds. The molecule has 0 saturated carbocycles. The Bertz CT molecular complexity index is 1040. The minimum absolute atomic E-state index is 0.216. The van der Waals surface area contributed by atoms with Gasteiger partial charge in [0.15, 0.2) is 11.5 Å². The summed E-state index contributed by atoms with van der Waals surface area (Å²) in [5.74, 6) is -0.741. The number of methoxy groups -OCH3 is 2. The van der Waals surface area contributed by atoms with E-state index in [4.69, 9.17) is 9.47 Å². The summed E-state index contributed by atoms with van der Waals surface area (Å²) in [4.78, 5) is 23.9. The molecule has 2 aromatic carbocycles. The average molecular weight is 411 g/mol. The lowest BCUT2D eigenvalue weighted by molar-refractivity contribution is -0.136. The molecule has 2 N–H and O–H groups in total. The number of carbonyl (C=O) groups excluding carboxylic acids is 2. The van der Waals surface area contributed by atoms with Crippen LogP contribution in [0.5, 0.6) is 11.5 Å². The van der Waals surface area contributed by atoms with Gasteiger partial charge in [-0.1, -0.05) is 41.7 Å². The predicted molar refractivity (Wildman–Crippen MR) is 109 cm³/mol. The van der Waals surface area contributed by atoms with Crippen LogP contribution in [0.1, 0.15) is 5.56 Å². The van der Waals surface area contributed by atoms with Crippen molar-refractivity contribution in [3.8, 4) is 22.1 Å². The smallest absolute Gasteiger partial charge is 0.329 e. The highest BCUT2D eigenvalue weighted by molar-refractivity contribution is 7.18. The fourth-order valence-electron chi connectivity index (χ4n) is 2.27. The zero-order valence-electron chi connectivity index (χ0n) is 15.6. The van der Waals surface area contributed by atoms with Crippen LogP contribution in [0.3, 0.4) is 0 Å². The van der Waals surface area contributed by atoms with Crippen molar-refractivity contribution in [3.63, 3.8) is 0 Å². The third-order valence-electron chi connectivity index (χ3n) is 3.66. The van der Waals surface area contributed by atoms with E-state index >= 15 is 0 Å². The topological polar surface area (TPSA) is 115 Å². The second-order valence-electron chi connectivity index (χ2n) is 5.55. The highest BCUT2D eigenvalue weighted by atomic mass is 32.1. The summed E-state index contributed by atoms with van der Waals surface area (Å²) in [5, 5.41) is 14.9. The number of ether oxygens (including phenoxy) is 2. The average Bonchev–Trinajstić information content (AvgIpc) is 3.22. The second-order valence-corrected chi connectivity index (χ2v) is 6.52. The summed E-state index contributed by atoms with van der Waals surface area (Å²) in [7, 11) is 3.05. The minimum atomic E-state index is -0.932. The van der Waals surface area contributed by atoms with Gasteiger partial charge in [-0.3, -0.25) is 14.9 Å². The van der Waals surface area contributed by atoms with Crippen molar-refractivity contribution in [2.45, 2.75) is 0 Å². The number of hydrazone groups is 1. The molecular formula is C19H17N5O4S. The van der Waals surface area contributed by atoms with E-state index in [1.165, 1.54) is 20.4 Å². The van der Waals surface area contributed by atoms with Crippen LogP contribution in [0, 0.1) is 0 Å². The molecule has 3 aromatic rings. The van der Waals surface area contributed by atoms with Crippen molar-refractivity contribution in [3.05, 3.63) is 54.1 Å². The summed E-state index contributed by atoms with van der Waals surface area (Å²) in [6, 6.07) is 14.5. The number of anilines is 1. The summed E-state index contributed by atoms with van der Waals surface area (Å²) in [5.41, 5.74) is 3.68. The van der Waals surface area contributed by atoms with Crippen LogP contribution in [-0.2, 0) is 9.59 Å². The molecule has 0 atom stereocenters. The standard InChI is InChI=1S/C19H17N5O4S/c1-27-14-9-8-12(10-15(14)28-2)11-20-22-17(26)16(25)21-19-24-23-18(29-19)13-6-4-3-5-7-13/h3-11H,1-2H3,(H,22,26)(H,21,24,25)/b20-11-. The Kier molecular flexibility index (Phi) is 6.48. The minimum Gasteiger partial charge on any atom is -0.493 e. The molecule has 1 heterocycles. The Labute approximate surface area is 170 Å². The Morgan fingerprint density at radius 3 is 2.48 bits per heavy atom. The van der Waals surface area contributed by atoms with Crippen molar-refractivity contribution < 1.29 is 19.1 Å². The fraction of sp³-hybridized carbons (Fsp3) is 0.105. The molecule has 0 radical (unpaired) electrons. The number of carbonyl (C=O) groups is 2. The van der Waals surface area contributed by atoms with Crippen LogP contribution >= 0.6 is 11.3 Å². The Morgan fingerprint density at radius 1 is 1.00 bits per heavy atom. The van der Waals surface area contributed by atoms with Gasteiger partial charge in [-0.25, -0.2) is 5.43 Å². The highest BCUT2D eigenvalue weighted by Gasteiger charge is 2.16. The third kappa shape index (κ3) is 5.14. The van der Waals surface area contributed by atoms with Crippen molar-refractivity contribution in [2.24, 2.45) is 5.10 Å². The molecule has 0 fully saturated rings. The Balaban J connectivity index is 1.56. The fourth-order valence-corrected chi connectivity index (χ4v) is 3.02. The van der Waals surface area contributed by atoms with Gasteiger partial charge in [0.2, 0.25) is 5.13 Å². The van der Waals surface area contributed by atoms with E-state index in [2.05, 4.69) is 26.0 Å². The van der Waals surface area contributed by atoms with Crippen molar-refractivity contribution in [2.75, 3.05) is 19.5 Å². The van der Waals surface area contributed by atoms with Crippen LogP contribution < -0.4 is 20.2 Å². The summed E-state index contributed by atoms with van der Waals surface area (Å²) in [6.45, 7) is 0. The number of rotatable bonds is 6. The molecule has 3 rings (SSSR count). The van der Waals surface area contributed by atoms with Gasteiger partial charge >= 0.3 is 11.8 Å². The number of hydrogen-bond acceptors (Lipinski definition) is 8. The van der Waals surface area contributed by atoms with E-state index in [-0.39, 0.29) is 5.13 Å². The quantitative estimate of drug-likeness (QED) is 0.365. The molecule has 0 unspecified atom stereocenters. The Hall–Kier alpha value is -3.79. The molecule has 0 aliphatic heterocycles. The van der Waals surface area contributed by atoms with Gasteiger partial charge in [-0.15, -0.1) is 10.2 Å². The maximum atomic E-state index is 12.0. The van der Waals surface area contributed by atoms with Crippen LogP contribution in [-0.4, -0.2) is 42.4 Å². The zero-order chi connectivity index (χ0) is 20.6. The number of nitrogens with zero attached hydrogens (tertiary/aromatic N) is 3. The maximum absolute atomic E-state index is 12.0. The normalized spacial score (nSPS) is 10.6. The highest BCUT2D eigenvalue weighted by Crippen LogP contribution is 2.27. The lowest BCUT2D eigenvalue weighted by Crippen LogP contribution is -2.32. The molecule has 0 aliphatic rings. The third-order valence-corrected chi connectivity index (χ3v) is 4.55. The van der Waals surface area contributed by atoms with Gasteiger partial charge in [0, 0.05) is 5.56 Å². The zero-order valence-corrected chi connectivity index (χ0v) is 16.4. The first-order valence-electron chi connectivity index (χ1n) is 8.36. The summed E-state index contributed by atoms with van der Waals surface area (Å²) >= 11 is 1.16. The van der Waals surface area contributed by atoms with E-state index in [9.17, 15) is 9.59 Å². The molecule has 29 heavy (non-hydrogen) atoms. The number of hydrogen-bond donors (Lipinski definition) is 2. The Morgan fingerprint density at radius 2 is 1.76 bits per heavy atom. The molecule has 0 bridgehead atoms. The largest absolute Gasteiger partial charge is 0.493 e. The van der Waals surface area contributed by atoms with Crippen LogP contribution in [0.2, 0.25) is 0 Å². The molecular weight excluding hydrogens is 394 g/mol. The molecule has 0 aliphatic carbocycles. The number of benzene rings is 2. The molecule has 148 valence electrons. The number of amides is 2. The molecule has 0 saturated heterocycles. The predicted octanol–water partition coefficient (Wildman–Crippen LogP) is 2.31. The summed E-state index contributed by atoms with van der Waals surface area (Å²) in [6.07, 6.45) is 1.38. The van der Waals surface area contributed by atoms with Gasteiger partial charge in [0.05, 0.1) is 20.4 Å². The van der Waals surface area contributed by atoms with Gasteiger partial charge in [0.25, 0.3) is 0 Å². The SMILES string of the molecule is COc1ccc(/C=N\NC(=O)C(=O)Nc2nnc(-c3ccccc3)s2)cc1OC. The molecule has 0 spiro atoms. The van der Waals surface area contributed by atoms with E-state index in [0.29, 0.717) is 22.1 Å². The summed E-state index contributed by atoms with van der Waals surface area (Å²) < 4.78 is 10.3. The van der Waals surface area contributed by atoms with Crippen LogP contribution in [0.4, 0.5) is 5.13 Å². The monoisotopic (exact) mass is 411 g/mol.